The molecule has 3 heteroatoms. The average Bonchev–Trinajstić information content (AvgIpc) is 2.39. The summed E-state index contributed by atoms with van der Waals surface area (Å²) in [6.45, 7) is 6.37. The van der Waals surface area contributed by atoms with Crippen molar-refractivity contribution in [3.8, 4) is 5.75 Å². The molecule has 0 saturated carbocycles. The molecule has 0 amide bonds. The van der Waals surface area contributed by atoms with Crippen LogP contribution in [-0.2, 0) is 0 Å². The molecule has 1 aliphatic rings. The fraction of sp³-hybridized carbons (Fsp3) is 0.625. The van der Waals surface area contributed by atoms with E-state index in [1.54, 1.807) is 0 Å². The van der Waals surface area contributed by atoms with Gasteiger partial charge in [-0.15, -0.1) is 0 Å². The Morgan fingerprint density at radius 1 is 1.32 bits per heavy atom. The van der Waals surface area contributed by atoms with Crippen molar-refractivity contribution in [2.45, 2.75) is 51.8 Å². The topological polar surface area (TPSA) is 21.3 Å². The van der Waals surface area contributed by atoms with Crippen LogP contribution in [0.15, 0.2) is 24.3 Å². The molecule has 1 aromatic carbocycles. The van der Waals surface area contributed by atoms with Gasteiger partial charge in [0.15, 0.2) is 0 Å². The summed E-state index contributed by atoms with van der Waals surface area (Å²) < 4.78 is 5.76. The van der Waals surface area contributed by atoms with E-state index >= 15 is 0 Å². The first kappa shape index (κ1) is 14.7. The molecule has 1 aromatic rings. The van der Waals surface area contributed by atoms with Gasteiger partial charge in [-0.3, -0.25) is 0 Å². The molecule has 2 unspecified atom stereocenters. The van der Waals surface area contributed by atoms with Crippen LogP contribution in [0.3, 0.4) is 0 Å². The van der Waals surface area contributed by atoms with Crippen LogP contribution in [0, 0.1) is 0 Å². The number of ether oxygens (including phenoxy) is 1. The van der Waals surface area contributed by atoms with Crippen LogP contribution in [0.1, 0.15) is 45.2 Å². The molecular weight excluding hydrogens is 254 g/mol. The van der Waals surface area contributed by atoms with Crippen molar-refractivity contribution in [2.24, 2.45) is 0 Å². The normalized spacial score (nSPS) is 21.4. The van der Waals surface area contributed by atoms with Gasteiger partial charge in [0.25, 0.3) is 0 Å². The highest BCUT2D eigenvalue weighted by Gasteiger charge is 2.16. The molecular formula is C16H25NOS. The summed E-state index contributed by atoms with van der Waals surface area (Å²) in [5.74, 6) is 3.54. The number of thioether (sulfide) groups is 1. The second-order valence-electron chi connectivity index (χ2n) is 5.54. The first-order chi connectivity index (χ1) is 9.15. The lowest BCUT2D eigenvalue weighted by Gasteiger charge is -2.26. The minimum absolute atomic E-state index is 0.230. The van der Waals surface area contributed by atoms with E-state index in [2.05, 4.69) is 56.0 Å². The van der Waals surface area contributed by atoms with Gasteiger partial charge < -0.3 is 10.1 Å². The first-order valence-electron chi connectivity index (χ1n) is 7.25. The Bertz CT molecular complexity index is 388. The van der Waals surface area contributed by atoms with Crippen LogP contribution >= 0.6 is 11.8 Å². The molecule has 0 aliphatic carbocycles. The highest BCUT2D eigenvalue weighted by Crippen LogP contribution is 2.23. The lowest BCUT2D eigenvalue weighted by atomic mass is 10.1. The molecule has 1 aliphatic heterocycles. The fourth-order valence-corrected chi connectivity index (χ4v) is 3.54. The molecule has 1 heterocycles. The van der Waals surface area contributed by atoms with Gasteiger partial charge in [0.1, 0.15) is 5.75 Å². The molecule has 2 rings (SSSR count). The third-order valence-corrected chi connectivity index (χ3v) is 4.59. The molecule has 2 atom stereocenters. The van der Waals surface area contributed by atoms with Crippen LogP contribution < -0.4 is 10.1 Å². The summed E-state index contributed by atoms with van der Waals surface area (Å²) in [6.07, 6.45) is 2.87. The first-order valence-corrected chi connectivity index (χ1v) is 8.41. The molecule has 1 fully saturated rings. The van der Waals surface area contributed by atoms with Crippen molar-refractivity contribution in [3.05, 3.63) is 29.8 Å². The number of hydrogen-bond acceptors (Lipinski definition) is 3. The predicted molar refractivity (Wildman–Crippen MR) is 84.1 cm³/mol. The average molecular weight is 279 g/mol. The summed E-state index contributed by atoms with van der Waals surface area (Å²) in [4.78, 5) is 0. The molecule has 1 saturated heterocycles. The van der Waals surface area contributed by atoms with E-state index in [0.29, 0.717) is 12.1 Å². The van der Waals surface area contributed by atoms with E-state index in [0.717, 1.165) is 5.75 Å². The zero-order valence-corrected chi connectivity index (χ0v) is 13.0. The zero-order chi connectivity index (χ0) is 13.7. The molecule has 0 bridgehead atoms. The number of rotatable bonds is 5. The SMILES string of the molecule is CC(C)Oc1cccc(C(C)NC2CCCSC2)c1. The minimum atomic E-state index is 0.230. The van der Waals surface area contributed by atoms with Crippen molar-refractivity contribution in [3.63, 3.8) is 0 Å². The standard InChI is InChI=1S/C16H25NOS/c1-12(2)18-16-8-4-6-14(10-16)13(3)17-15-7-5-9-19-11-15/h4,6,8,10,12-13,15,17H,5,7,9,11H2,1-3H3. The summed E-state index contributed by atoms with van der Waals surface area (Å²) in [5, 5.41) is 3.74. The summed E-state index contributed by atoms with van der Waals surface area (Å²) in [5.41, 5.74) is 1.31. The van der Waals surface area contributed by atoms with Crippen LogP contribution in [0.25, 0.3) is 0 Å². The summed E-state index contributed by atoms with van der Waals surface area (Å²) in [7, 11) is 0. The predicted octanol–water partition coefficient (Wildman–Crippen LogP) is 4.02. The Morgan fingerprint density at radius 3 is 2.84 bits per heavy atom. The molecule has 0 radical (unpaired) electrons. The molecule has 0 spiro atoms. The smallest absolute Gasteiger partial charge is 0.120 e. The van der Waals surface area contributed by atoms with Gasteiger partial charge >= 0.3 is 0 Å². The van der Waals surface area contributed by atoms with Crippen LogP contribution in [0.5, 0.6) is 5.75 Å². The molecule has 19 heavy (non-hydrogen) atoms. The second-order valence-corrected chi connectivity index (χ2v) is 6.69. The van der Waals surface area contributed by atoms with Gasteiger partial charge in [-0.2, -0.15) is 11.8 Å². The van der Waals surface area contributed by atoms with Crippen molar-refractivity contribution in [2.75, 3.05) is 11.5 Å². The molecule has 1 N–H and O–H groups in total. The van der Waals surface area contributed by atoms with Gasteiger partial charge in [-0.25, -0.2) is 0 Å². The maximum Gasteiger partial charge on any atom is 0.120 e. The van der Waals surface area contributed by atoms with E-state index in [4.69, 9.17) is 4.74 Å². The Kier molecular flexibility index (Phi) is 5.59. The molecule has 0 aromatic heterocycles. The van der Waals surface area contributed by atoms with Crippen LogP contribution in [0.2, 0.25) is 0 Å². The maximum atomic E-state index is 5.76. The van der Waals surface area contributed by atoms with Gasteiger partial charge in [-0.1, -0.05) is 12.1 Å². The Balaban J connectivity index is 1.95. The van der Waals surface area contributed by atoms with Crippen molar-refractivity contribution in [1.29, 1.82) is 0 Å². The second kappa shape index (κ2) is 7.20. The fourth-order valence-electron chi connectivity index (χ4n) is 2.45. The highest BCUT2D eigenvalue weighted by molar-refractivity contribution is 7.99. The van der Waals surface area contributed by atoms with Gasteiger partial charge in [0.05, 0.1) is 6.10 Å². The van der Waals surface area contributed by atoms with Crippen LogP contribution in [-0.4, -0.2) is 23.7 Å². The zero-order valence-electron chi connectivity index (χ0n) is 12.2. The highest BCUT2D eigenvalue weighted by atomic mass is 32.2. The number of hydrogen-bond donors (Lipinski definition) is 1. The Hall–Kier alpha value is -0.670. The van der Waals surface area contributed by atoms with E-state index in [1.165, 1.54) is 29.9 Å². The van der Waals surface area contributed by atoms with E-state index in [9.17, 15) is 0 Å². The van der Waals surface area contributed by atoms with Crippen molar-refractivity contribution < 1.29 is 4.74 Å². The lowest BCUT2D eigenvalue weighted by molar-refractivity contribution is 0.242. The Morgan fingerprint density at radius 2 is 2.16 bits per heavy atom. The monoisotopic (exact) mass is 279 g/mol. The van der Waals surface area contributed by atoms with E-state index < -0.39 is 0 Å². The van der Waals surface area contributed by atoms with E-state index in [-0.39, 0.29) is 6.10 Å². The number of benzene rings is 1. The van der Waals surface area contributed by atoms with E-state index in [1.807, 2.05) is 6.07 Å². The minimum Gasteiger partial charge on any atom is -0.491 e. The summed E-state index contributed by atoms with van der Waals surface area (Å²) in [6, 6.07) is 9.50. The van der Waals surface area contributed by atoms with Crippen molar-refractivity contribution in [1.82, 2.24) is 5.32 Å². The third-order valence-electron chi connectivity index (χ3n) is 3.38. The summed E-state index contributed by atoms with van der Waals surface area (Å²) >= 11 is 2.06. The lowest BCUT2D eigenvalue weighted by Crippen LogP contribution is -2.35. The molecule has 2 nitrogen and oxygen atoms in total. The molecule has 106 valence electrons. The van der Waals surface area contributed by atoms with Gasteiger partial charge in [0, 0.05) is 17.8 Å². The quantitative estimate of drug-likeness (QED) is 0.879. The van der Waals surface area contributed by atoms with Crippen molar-refractivity contribution >= 4 is 11.8 Å². The largest absolute Gasteiger partial charge is 0.491 e. The van der Waals surface area contributed by atoms with Crippen LogP contribution in [0.4, 0.5) is 0 Å². The third kappa shape index (κ3) is 4.73. The Labute approximate surface area is 121 Å². The number of nitrogens with one attached hydrogen (secondary N) is 1. The van der Waals surface area contributed by atoms with Gasteiger partial charge in [0.2, 0.25) is 0 Å². The maximum absolute atomic E-state index is 5.76. The van der Waals surface area contributed by atoms with Gasteiger partial charge in [-0.05, 0) is 57.1 Å².